The first-order valence-electron chi connectivity index (χ1n) is 3.81. The van der Waals surface area contributed by atoms with Crippen LogP contribution in [0.2, 0.25) is 0 Å². The van der Waals surface area contributed by atoms with Crippen molar-refractivity contribution in [1.29, 1.82) is 0 Å². The molecule has 0 spiro atoms. The van der Waals surface area contributed by atoms with E-state index in [0.29, 0.717) is 13.1 Å². The van der Waals surface area contributed by atoms with Crippen LogP contribution in [-0.2, 0) is 9.53 Å². The predicted octanol–water partition coefficient (Wildman–Crippen LogP) is 2.64. The van der Waals surface area contributed by atoms with Crippen LogP contribution in [0.4, 0.5) is 0 Å². The molecule has 0 atom stereocenters. The molecule has 0 fully saturated rings. The van der Waals surface area contributed by atoms with Crippen molar-refractivity contribution in [3.63, 3.8) is 0 Å². The van der Waals surface area contributed by atoms with Crippen molar-refractivity contribution in [2.45, 2.75) is 0 Å². The third-order valence-electron chi connectivity index (χ3n) is 1.46. The fraction of sp³-hybridized carbons (Fsp3) is 0.100. The molecule has 3 heteroatoms. The predicted molar refractivity (Wildman–Crippen MR) is 55.2 cm³/mol. The summed E-state index contributed by atoms with van der Waals surface area (Å²) in [4.78, 5) is 9.82. The zero-order valence-electron chi connectivity index (χ0n) is 6.94. The van der Waals surface area contributed by atoms with Crippen LogP contribution < -0.4 is 0 Å². The van der Waals surface area contributed by atoms with Crippen molar-refractivity contribution in [2.24, 2.45) is 0 Å². The molecule has 0 unspecified atom stereocenters. The van der Waals surface area contributed by atoms with Gasteiger partial charge in [-0.1, -0.05) is 40.2 Å². The largest absolute Gasteiger partial charge is 0.464 e. The molecule has 0 aliphatic rings. The molecule has 0 saturated heterocycles. The highest BCUT2D eigenvalue weighted by Gasteiger charge is 1.91. The van der Waals surface area contributed by atoms with Crippen molar-refractivity contribution >= 4 is 28.5 Å². The highest BCUT2D eigenvalue weighted by molar-refractivity contribution is 9.10. The Balaban J connectivity index is 2.58. The Labute approximate surface area is 85.3 Å². The zero-order valence-corrected chi connectivity index (χ0v) is 8.53. The molecular weight excluding hydrogens is 232 g/mol. The van der Waals surface area contributed by atoms with Gasteiger partial charge in [0.05, 0.1) is 0 Å². The van der Waals surface area contributed by atoms with Crippen LogP contribution in [0, 0.1) is 0 Å². The second kappa shape index (κ2) is 5.54. The van der Waals surface area contributed by atoms with E-state index in [1.54, 1.807) is 6.08 Å². The molecule has 1 aromatic rings. The quantitative estimate of drug-likeness (QED) is 0.598. The first-order chi connectivity index (χ1) is 6.34. The number of hydrogen-bond acceptors (Lipinski definition) is 2. The normalized spacial score (nSPS) is 10.2. The van der Waals surface area contributed by atoms with Gasteiger partial charge in [0.15, 0.2) is 0 Å². The Morgan fingerprint density at radius 2 is 2.15 bits per heavy atom. The summed E-state index contributed by atoms with van der Waals surface area (Å²) in [6, 6.07) is 7.83. The van der Waals surface area contributed by atoms with Crippen LogP contribution >= 0.6 is 15.9 Å². The maximum Gasteiger partial charge on any atom is 0.293 e. The van der Waals surface area contributed by atoms with E-state index < -0.39 is 0 Å². The maximum absolute atomic E-state index is 9.82. The summed E-state index contributed by atoms with van der Waals surface area (Å²) in [5.74, 6) is 0. The lowest BCUT2D eigenvalue weighted by molar-refractivity contribution is -0.127. The summed E-state index contributed by atoms with van der Waals surface area (Å²) in [5, 5.41) is 0. The monoisotopic (exact) mass is 240 g/mol. The molecule has 13 heavy (non-hydrogen) atoms. The van der Waals surface area contributed by atoms with Crippen molar-refractivity contribution in [1.82, 2.24) is 0 Å². The van der Waals surface area contributed by atoms with Gasteiger partial charge in [0.25, 0.3) is 6.47 Å². The van der Waals surface area contributed by atoms with Gasteiger partial charge in [0.1, 0.15) is 6.61 Å². The zero-order chi connectivity index (χ0) is 9.52. The van der Waals surface area contributed by atoms with E-state index in [0.717, 1.165) is 10.0 Å². The van der Waals surface area contributed by atoms with Gasteiger partial charge in [-0.3, -0.25) is 4.79 Å². The molecular formula is C10H9BrO2. The Kier molecular flexibility index (Phi) is 4.26. The highest BCUT2D eigenvalue weighted by atomic mass is 79.9. The van der Waals surface area contributed by atoms with E-state index in [4.69, 9.17) is 0 Å². The molecule has 0 aromatic heterocycles. The molecule has 0 bridgehead atoms. The lowest BCUT2D eigenvalue weighted by atomic mass is 10.2. The van der Waals surface area contributed by atoms with E-state index in [9.17, 15) is 4.79 Å². The van der Waals surface area contributed by atoms with Crippen LogP contribution in [0.1, 0.15) is 5.56 Å². The highest BCUT2D eigenvalue weighted by Crippen LogP contribution is 2.16. The molecule has 2 nitrogen and oxygen atoms in total. The third kappa shape index (κ3) is 3.42. The number of benzene rings is 1. The van der Waals surface area contributed by atoms with Gasteiger partial charge in [-0.2, -0.15) is 0 Å². The lowest BCUT2D eigenvalue weighted by Crippen LogP contribution is -1.85. The van der Waals surface area contributed by atoms with Crippen molar-refractivity contribution < 1.29 is 9.53 Å². The Bertz CT molecular complexity index is 308. The molecule has 0 aliphatic carbocycles. The second-order valence-corrected chi connectivity index (χ2v) is 3.21. The summed E-state index contributed by atoms with van der Waals surface area (Å²) in [5.41, 5.74) is 1.07. The van der Waals surface area contributed by atoms with Gasteiger partial charge >= 0.3 is 0 Å². The van der Waals surface area contributed by atoms with Crippen LogP contribution in [0.3, 0.4) is 0 Å². The van der Waals surface area contributed by atoms with Crippen molar-refractivity contribution in [2.75, 3.05) is 6.61 Å². The molecule has 0 aliphatic heterocycles. The summed E-state index contributed by atoms with van der Waals surface area (Å²) in [6.07, 6.45) is 3.68. The summed E-state index contributed by atoms with van der Waals surface area (Å²) < 4.78 is 5.54. The van der Waals surface area contributed by atoms with Crippen LogP contribution in [0.25, 0.3) is 6.08 Å². The van der Waals surface area contributed by atoms with E-state index >= 15 is 0 Å². The number of carbonyl (C=O) groups excluding carboxylic acids is 1. The van der Waals surface area contributed by atoms with Gasteiger partial charge in [-0.15, -0.1) is 0 Å². The molecule has 68 valence electrons. The van der Waals surface area contributed by atoms with Crippen molar-refractivity contribution in [3.8, 4) is 0 Å². The molecule has 0 heterocycles. The number of hydrogen-bond donors (Lipinski definition) is 0. The number of halogens is 1. The van der Waals surface area contributed by atoms with E-state index in [1.807, 2.05) is 30.3 Å². The fourth-order valence-electron chi connectivity index (χ4n) is 0.880. The number of carbonyl (C=O) groups is 1. The minimum Gasteiger partial charge on any atom is -0.464 e. The van der Waals surface area contributed by atoms with Crippen molar-refractivity contribution in [3.05, 3.63) is 40.4 Å². The molecule has 0 saturated carbocycles. The van der Waals surface area contributed by atoms with E-state index in [1.165, 1.54) is 0 Å². The minimum absolute atomic E-state index is 0.310. The van der Waals surface area contributed by atoms with E-state index in [-0.39, 0.29) is 0 Å². The van der Waals surface area contributed by atoms with Crippen LogP contribution in [-0.4, -0.2) is 13.1 Å². The number of rotatable bonds is 4. The smallest absolute Gasteiger partial charge is 0.293 e. The summed E-state index contributed by atoms with van der Waals surface area (Å²) in [6.45, 7) is 0.745. The third-order valence-corrected chi connectivity index (χ3v) is 2.19. The minimum atomic E-state index is 0.310. The lowest BCUT2D eigenvalue weighted by Gasteiger charge is -1.96. The van der Waals surface area contributed by atoms with Gasteiger partial charge in [-0.05, 0) is 17.7 Å². The molecule has 1 rings (SSSR count). The van der Waals surface area contributed by atoms with E-state index in [2.05, 4.69) is 20.7 Å². The van der Waals surface area contributed by atoms with Gasteiger partial charge < -0.3 is 4.74 Å². The van der Waals surface area contributed by atoms with Gasteiger partial charge in [0.2, 0.25) is 0 Å². The Morgan fingerprint density at radius 3 is 2.85 bits per heavy atom. The molecule has 0 amide bonds. The van der Waals surface area contributed by atoms with Gasteiger partial charge in [0, 0.05) is 4.47 Å². The average Bonchev–Trinajstić information content (AvgIpc) is 2.15. The fourth-order valence-corrected chi connectivity index (χ4v) is 1.30. The number of ether oxygens (including phenoxy) is 1. The first kappa shape index (κ1) is 9.99. The molecule has 0 radical (unpaired) electrons. The summed E-state index contributed by atoms with van der Waals surface area (Å²) >= 11 is 3.40. The Morgan fingerprint density at radius 1 is 1.38 bits per heavy atom. The second-order valence-electron chi connectivity index (χ2n) is 2.35. The SMILES string of the molecule is O=COCC=Cc1ccccc1Br. The first-order valence-corrected chi connectivity index (χ1v) is 4.60. The standard InChI is InChI=1S/C10H9BrO2/c11-10-6-2-1-4-9(10)5-3-7-13-8-12/h1-6,8H,7H2. The van der Waals surface area contributed by atoms with Crippen LogP contribution in [0.5, 0.6) is 0 Å². The average molecular weight is 241 g/mol. The van der Waals surface area contributed by atoms with Crippen LogP contribution in [0.15, 0.2) is 34.8 Å². The summed E-state index contributed by atoms with van der Waals surface area (Å²) in [7, 11) is 0. The Hall–Kier alpha value is -1.09. The van der Waals surface area contributed by atoms with Gasteiger partial charge in [-0.25, -0.2) is 0 Å². The molecule has 1 aromatic carbocycles. The topological polar surface area (TPSA) is 26.3 Å². The molecule has 0 N–H and O–H groups in total. The maximum atomic E-state index is 9.82.